The smallest absolute Gasteiger partial charge is 0.410 e. The van der Waals surface area contributed by atoms with E-state index in [1.165, 1.54) is 24.3 Å². The molecule has 11 heteroatoms. The van der Waals surface area contributed by atoms with Crippen LogP contribution in [0.5, 0.6) is 0 Å². The first-order valence-electron chi connectivity index (χ1n) is 14.0. The highest BCUT2D eigenvalue weighted by molar-refractivity contribution is 5.90. The van der Waals surface area contributed by atoms with E-state index in [0.717, 1.165) is 41.3 Å². The number of non-ortho nitro benzene ring substituents is 1. The van der Waals surface area contributed by atoms with E-state index in [9.17, 15) is 19.7 Å². The quantitative estimate of drug-likeness (QED) is 0.213. The zero-order chi connectivity index (χ0) is 29.3. The highest BCUT2D eigenvalue weighted by Gasteiger charge is 2.38. The van der Waals surface area contributed by atoms with E-state index < -0.39 is 28.7 Å². The number of aromatic nitrogens is 2. The van der Waals surface area contributed by atoms with Gasteiger partial charge in [-0.05, 0) is 88.8 Å². The number of likely N-dealkylation sites (tertiary alicyclic amines) is 1. The van der Waals surface area contributed by atoms with Crippen LogP contribution in [0.1, 0.15) is 80.1 Å². The molecule has 41 heavy (non-hydrogen) atoms. The number of carbonyl (C=O) groups is 2. The molecule has 2 saturated heterocycles. The number of hydrogen-bond donors (Lipinski definition) is 0. The van der Waals surface area contributed by atoms with Crippen molar-refractivity contribution in [1.29, 1.82) is 0 Å². The number of carbonyl (C=O) groups excluding carboxylic acids is 2. The molecule has 218 valence electrons. The van der Waals surface area contributed by atoms with Gasteiger partial charge in [0.25, 0.3) is 5.69 Å². The molecule has 1 unspecified atom stereocenters. The first-order chi connectivity index (χ1) is 19.5. The molecule has 1 amide bonds. The van der Waals surface area contributed by atoms with Gasteiger partial charge in [-0.1, -0.05) is 0 Å². The van der Waals surface area contributed by atoms with Gasteiger partial charge in [0, 0.05) is 36.6 Å². The molecule has 0 saturated carbocycles. The van der Waals surface area contributed by atoms with E-state index in [2.05, 4.69) is 17.2 Å². The first kappa shape index (κ1) is 28.5. The average molecular weight is 565 g/mol. The molecule has 2 aliphatic rings. The standard InChI is InChI=1S/C30H36N4O7/c1-19-15-21-17-31-33(27-7-5-6-14-39-27)25(21)16-24(19)23-12-13-32(29(36)41-30(2,3)4)18-26(23)40-28(35)20-8-10-22(11-9-20)34(37)38/h8-11,15-17,23,26-27H,5-7,12-14,18H2,1-4H3/t23-,26-,27?/m1/s1. The lowest BCUT2D eigenvalue weighted by atomic mass is 9.84. The van der Waals surface area contributed by atoms with Gasteiger partial charge in [0.1, 0.15) is 11.7 Å². The van der Waals surface area contributed by atoms with Crippen LogP contribution in [-0.2, 0) is 14.2 Å². The number of esters is 1. The molecule has 0 aliphatic carbocycles. The molecule has 2 fully saturated rings. The van der Waals surface area contributed by atoms with E-state index in [1.54, 1.807) is 4.90 Å². The van der Waals surface area contributed by atoms with Crippen molar-refractivity contribution >= 4 is 28.7 Å². The second kappa shape index (κ2) is 11.5. The second-order valence-electron chi connectivity index (χ2n) is 11.7. The summed E-state index contributed by atoms with van der Waals surface area (Å²) < 4.78 is 19.6. The van der Waals surface area contributed by atoms with Crippen LogP contribution >= 0.6 is 0 Å². The Balaban J connectivity index is 1.46. The van der Waals surface area contributed by atoms with Gasteiger partial charge in [-0.2, -0.15) is 5.10 Å². The highest BCUT2D eigenvalue weighted by atomic mass is 16.6. The van der Waals surface area contributed by atoms with Gasteiger partial charge in [0.15, 0.2) is 6.23 Å². The Labute approximate surface area is 238 Å². The maximum Gasteiger partial charge on any atom is 0.410 e. The SMILES string of the molecule is Cc1cc2cnn(C3CCCCO3)c2cc1[C@H]1CCN(C(=O)OC(C)(C)C)C[C@H]1OC(=O)c1ccc([N+](=O)[O-])cc1. The number of ether oxygens (including phenoxy) is 3. The van der Waals surface area contributed by atoms with Gasteiger partial charge >= 0.3 is 12.1 Å². The summed E-state index contributed by atoms with van der Waals surface area (Å²) in [5, 5.41) is 16.7. The molecule has 3 atom stereocenters. The van der Waals surface area contributed by atoms with Crippen LogP contribution in [0.3, 0.4) is 0 Å². The Kier molecular flexibility index (Phi) is 7.99. The monoisotopic (exact) mass is 564 g/mol. The molecule has 0 radical (unpaired) electrons. The summed E-state index contributed by atoms with van der Waals surface area (Å²) >= 11 is 0. The normalized spacial score (nSPS) is 21.5. The van der Waals surface area contributed by atoms with Crippen molar-refractivity contribution in [2.75, 3.05) is 19.7 Å². The summed E-state index contributed by atoms with van der Waals surface area (Å²) in [5.41, 5.74) is 2.42. The topological polar surface area (TPSA) is 126 Å². The fourth-order valence-electron chi connectivity index (χ4n) is 5.58. The molecule has 2 aromatic carbocycles. The molecule has 0 spiro atoms. The minimum absolute atomic E-state index is 0.115. The molecule has 3 aromatic rings. The zero-order valence-electron chi connectivity index (χ0n) is 23.9. The lowest BCUT2D eigenvalue weighted by molar-refractivity contribution is -0.384. The predicted molar refractivity (Wildman–Crippen MR) is 151 cm³/mol. The van der Waals surface area contributed by atoms with Crippen LogP contribution < -0.4 is 0 Å². The third kappa shape index (κ3) is 6.35. The number of nitro groups is 1. The Morgan fingerprint density at radius 2 is 1.88 bits per heavy atom. The third-order valence-electron chi connectivity index (χ3n) is 7.59. The number of aryl methyl sites for hydroxylation is 1. The number of nitrogens with zero attached hydrogens (tertiary/aromatic N) is 4. The Morgan fingerprint density at radius 3 is 2.54 bits per heavy atom. The van der Waals surface area contributed by atoms with Crippen molar-refractivity contribution in [2.24, 2.45) is 0 Å². The summed E-state index contributed by atoms with van der Waals surface area (Å²) in [6.07, 6.45) is 4.15. The van der Waals surface area contributed by atoms with Gasteiger partial charge in [-0.15, -0.1) is 0 Å². The number of piperidine rings is 1. The van der Waals surface area contributed by atoms with Crippen LogP contribution in [0, 0.1) is 17.0 Å². The number of fused-ring (bicyclic) bond motifs is 1. The number of amides is 1. The molecule has 3 heterocycles. The van der Waals surface area contributed by atoms with Crippen LogP contribution in [0.2, 0.25) is 0 Å². The van der Waals surface area contributed by atoms with E-state index in [4.69, 9.17) is 14.2 Å². The van der Waals surface area contributed by atoms with Crippen molar-refractivity contribution in [3.63, 3.8) is 0 Å². The van der Waals surface area contributed by atoms with E-state index >= 15 is 0 Å². The summed E-state index contributed by atoms with van der Waals surface area (Å²) in [5.74, 6) is -0.809. The molecule has 5 rings (SSSR count). The minimum Gasteiger partial charge on any atom is -0.456 e. The van der Waals surface area contributed by atoms with E-state index in [0.29, 0.717) is 19.6 Å². The molecular formula is C30H36N4O7. The minimum atomic E-state index is -0.669. The summed E-state index contributed by atoms with van der Waals surface area (Å²) in [4.78, 5) is 38.3. The van der Waals surface area contributed by atoms with Gasteiger partial charge < -0.3 is 19.1 Å². The van der Waals surface area contributed by atoms with Gasteiger partial charge in [0.2, 0.25) is 0 Å². The van der Waals surface area contributed by atoms with Crippen molar-refractivity contribution in [2.45, 2.75) is 77.2 Å². The largest absolute Gasteiger partial charge is 0.456 e. The Hall–Kier alpha value is -3.99. The van der Waals surface area contributed by atoms with Gasteiger partial charge in [-0.3, -0.25) is 10.1 Å². The molecular weight excluding hydrogens is 528 g/mol. The number of rotatable bonds is 5. The zero-order valence-corrected chi connectivity index (χ0v) is 23.9. The Morgan fingerprint density at radius 1 is 1.12 bits per heavy atom. The molecule has 2 aliphatic heterocycles. The lowest BCUT2D eigenvalue weighted by Gasteiger charge is -2.39. The first-order valence-corrected chi connectivity index (χ1v) is 14.0. The van der Waals surface area contributed by atoms with Crippen LogP contribution in [-0.4, -0.2) is 63.1 Å². The highest BCUT2D eigenvalue weighted by Crippen LogP contribution is 2.37. The van der Waals surface area contributed by atoms with Gasteiger partial charge in [-0.25, -0.2) is 14.3 Å². The second-order valence-corrected chi connectivity index (χ2v) is 11.7. The summed E-state index contributed by atoms with van der Waals surface area (Å²) in [7, 11) is 0. The fourth-order valence-corrected chi connectivity index (χ4v) is 5.58. The summed E-state index contributed by atoms with van der Waals surface area (Å²) in [6.45, 7) is 8.74. The number of nitro benzene ring substituents is 1. The molecule has 1 aromatic heterocycles. The van der Waals surface area contributed by atoms with Crippen LogP contribution in [0.25, 0.3) is 10.9 Å². The summed E-state index contributed by atoms with van der Waals surface area (Å²) in [6, 6.07) is 9.50. The fraction of sp³-hybridized carbons (Fsp3) is 0.500. The van der Waals surface area contributed by atoms with Crippen molar-refractivity contribution in [3.05, 3.63) is 69.4 Å². The molecule has 0 bridgehead atoms. The predicted octanol–water partition coefficient (Wildman–Crippen LogP) is 5.90. The van der Waals surface area contributed by atoms with Crippen LogP contribution in [0.15, 0.2) is 42.6 Å². The lowest BCUT2D eigenvalue weighted by Crippen LogP contribution is -2.49. The number of benzene rings is 2. The average Bonchev–Trinajstić information content (AvgIpc) is 3.34. The molecule has 0 N–H and O–H groups in total. The molecule has 11 nitrogen and oxygen atoms in total. The third-order valence-corrected chi connectivity index (χ3v) is 7.59. The Bertz CT molecular complexity index is 1440. The number of hydrogen-bond acceptors (Lipinski definition) is 8. The van der Waals surface area contributed by atoms with E-state index in [1.807, 2.05) is 38.6 Å². The van der Waals surface area contributed by atoms with Crippen LogP contribution in [0.4, 0.5) is 10.5 Å². The van der Waals surface area contributed by atoms with E-state index in [-0.39, 0.29) is 29.9 Å². The van der Waals surface area contributed by atoms with Crippen molar-refractivity contribution < 1.29 is 28.7 Å². The van der Waals surface area contributed by atoms with Crippen molar-refractivity contribution in [3.8, 4) is 0 Å². The maximum atomic E-state index is 13.2. The van der Waals surface area contributed by atoms with Crippen molar-refractivity contribution in [1.82, 2.24) is 14.7 Å². The van der Waals surface area contributed by atoms with Gasteiger partial charge in [0.05, 0.1) is 28.7 Å². The maximum absolute atomic E-state index is 13.2.